The van der Waals surface area contributed by atoms with Crippen molar-refractivity contribution in [1.82, 2.24) is 9.78 Å². The number of benzene rings is 1. The van der Waals surface area contributed by atoms with Gasteiger partial charge in [-0.3, -0.25) is 9.48 Å². The highest BCUT2D eigenvalue weighted by Gasteiger charge is 2.12. The number of anilines is 1. The summed E-state index contributed by atoms with van der Waals surface area (Å²) >= 11 is 9.42. The van der Waals surface area contributed by atoms with Crippen molar-refractivity contribution in [2.45, 2.75) is 6.54 Å². The minimum absolute atomic E-state index is 0.0724. The van der Waals surface area contributed by atoms with Gasteiger partial charge in [0, 0.05) is 15.7 Å². The number of nitrogen functional groups attached to an aromatic ring is 1. The first-order chi connectivity index (χ1) is 8.47. The summed E-state index contributed by atoms with van der Waals surface area (Å²) in [4.78, 5) is 11.0. The van der Waals surface area contributed by atoms with Crippen LogP contribution in [0, 0.1) is 0 Å². The van der Waals surface area contributed by atoms with Crippen LogP contribution in [0.3, 0.4) is 0 Å². The number of carbonyl (C=O) groups is 1. The Labute approximate surface area is 117 Å². The number of primary amides is 1. The Bertz CT molecular complexity index is 611. The maximum Gasteiger partial charge on any atom is 0.271 e. The SMILES string of the molecule is NC(=O)c1nn(Cc2ccc(Br)cc2Cl)cc1N. The summed E-state index contributed by atoms with van der Waals surface area (Å²) in [5.74, 6) is -0.645. The van der Waals surface area contributed by atoms with Gasteiger partial charge in [-0.25, -0.2) is 0 Å². The summed E-state index contributed by atoms with van der Waals surface area (Å²) in [7, 11) is 0. The Hall–Kier alpha value is -1.53. The van der Waals surface area contributed by atoms with Crippen LogP contribution in [-0.4, -0.2) is 15.7 Å². The third-order valence-electron chi connectivity index (χ3n) is 2.37. The standard InChI is InChI=1S/C11H10BrClN4O/c12-7-2-1-6(8(13)3-7)4-17-5-9(14)10(16-17)11(15)18/h1-3,5H,4,14H2,(H2,15,18). The summed E-state index contributed by atoms with van der Waals surface area (Å²) in [5, 5.41) is 4.63. The average molecular weight is 330 g/mol. The molecule has 1 amide bonds. The van der Waals surface area contributed by atoms with E-state index in [-0.39, 0.29) is 11.4 Å². The van der Waals surface area contributed by atoms with Gasteiger partial charge in [0.05, 0.1) is 12.2 Å². The number of amides is 1. The number of rotatable bonds is 3. The van der Waals surface area contributed by atoms with E-state index in [0.717, 1.165) is 10.0 Å². The van der Waals surface area contributed by atoms with E-state index in [1.165, 1.54) is 4.68 Å². The van der Waals surface area contributed by atoms with Gasteiger partial charge in [0.15, 0.2) is 5.69 Å². The van der Waals surface area contributed by atoms with Crippen molar-refractivity contribution in [3.8, 4) is 0 Å². The Kier molecular flexibility index (Phi) is 3.58. The van der Waals surface area contributed by atoms with Crippen molar-refractivity contribution in [3.63, 3.8) is 0 Å². The van der Waals surface area contributed by atoms with Crippen LogP contribution in [0.25, 0.3) is 0 Å². The predicted octanol–water partition coefficient (Wildman–Crippen LogP) is 2.03. The number of aromatic nitrogens is 2. The molecule has 94 valence electrons. The van der Waals surface area contributed by atoms with Crippen molar-refractivity contribution < 1.29 is 4.79 Å². The van der Waals surface area contributed by atoms with Gasteiger partial charge in [0.2, 0.25) is 0 Å². The zero-order valence-corrected chi connectivity index (χ0v) is 11.6. The summed E-state index contributed by atoms with van der Waals surface area (Å²) < 4.78 is 2.43. The van der Waals surface area contributed by atoms with Crippen LogP contribution in [0.1, 0.15) is 16.1 Å². The highest BCUT2D eigenvalue weighted by atomic mass is 79.9. The molecule has 1 aromatic carbocycles. The molecule has 0 aliphatic rings. The monoisotopic (exact) mass is 328 g/mol. The zero-order chi connectivity index (χ0) is 13.3. The number of nitrogens with zero attached hydrogens (tertiary/aromatic N) is 2. The van der Waals surface area contributed by atoms with Crippen molar-refractivity contribution in [1.29, 1.82) is 0 Å². The van der Waals surface area contributed by atoms with E-state index in [4.69, 9.17) is 23.1 Å². The summed E-state index contributed by atoms with van der Waals surface area (Å²) in [6.07, 6.45) is 1.55. The topological polar surface area (TPSA) is 86.9 Å². The Morgan fingerprint density at radius 1 is 1.50 bits per heavy atom. The second-order valence-electron chi connectivity index (χ2n) is 3.73. The molecule has 0 bridgehead atoms. The molecule has 0 saturated carbocycles. The third-order valence-corrected chi connectivity index (χ3v) is 3.22. The van der Waals surface area contributed by atoms with Gasteiger partial charge in [-0.1, -0.05) is 33.6 Å². The Morgan fingerprint density at radius 2 is 2.22 bits per heavy atom. The number of carbonyl (C=O) groups excluding carboxylic acids is 1. The van der Waals surface area contributed by atoms with E-state index in [1.54, 1.807) is 12.3 Å². The van der Waals surface area contributed by atoms with Crippen LogP contribution in [0.5, 0.6) is 0 Å². The molecule has 0 spiro atoms. The first-order valence-electron chi connectivity index (χ1n) is 5.04. The van der Waals surface area contributed by atoms with E-state index in [9.17, 15) is 4.79 Å². The lowest BCUT2D eigenvalue weighted by Gasteiger charge is -2.04. The lowest BCUT2D eigenvalue weighted by Crippen LogP contribution is -2.14. The molecule has 7 heteroatoms. The maximum atomic E-state index is 11.0. The molecule has 4 N–H and O–H groups in total. The van der Waals surface area contributed by atoms with Gasteiger partial charge in [-0.2, -0.15) is 5.10 Å². The molecule has 0 radical (unpaired) electrons. The van der Waals surface area contributed by atoms with Crippen LogP contribution in [-0.2, 0) is 6.54 Å². The normalized spacial score (nSPS) is 10.6. The number of halogens is 2. The van der Waals surface area contributed by atoms with E-state index in [0.29, 0.717) is 11.6 Å². The molecule has 1 heterocycles. The molecule has 0 aliphatic carbocycles. The van der Waals surface area contributed by atoms with E-state index in [2.05, 4.69) is 21.0 Å². The highest BCUT2D eigenvalue weighted by Crippen LogP contribution is 2.22. The third kappa shape index (κ3) is 2.65. The molecule has 0 unspecified atom stereocenters. The maximum absolute atomic E-state index is 11.0. The number of nitrogens with two attached hydrogens (primary N) is 2. The second kappa shape index (κ2) is 4.99. The fourth-order valence-electron chi connectivity index (χ4n) is 1.53. The number of hydrogen-bond acceptors (Lipinski definition) is 3. The molecule has 2 rings (SSSR count). The average Bonchev–Trinajstić information content (AvgIpc) is 2.64. The second-order valence-corrected chi connectivity index (χ2v) is 5.05. The van der Waals surface area contributed by atoms with Gasteiger partial charge in [0.1, 0.15) is 0 Å². The van der Waals surface area contributed by atoms with Gasteiger partial charge < -0.3 is 11.5 Å². The molecule has 0 saturated heterocycles. The molecule has 5 nitrogen and oxygen atoms in total. The van der Waals surface area contributed by atoms with Crippen molar-refractivity contribution in [2.24, 2.45) is 5.73 Å². The van der Waals surface area contributed by atoms with Crippen LogP contribution >= 0.6 is 27.5 Å². The minimum atomic E-state index is -0.645. The van der Waals surface area contributed by atoms with Crippen molar-refractivity contribution in [3.05, 3.63) is 45.1 Å². The van der Waals surface area contributed by atoms with E-state index >= 15 is 0 Å². The quantitative estimate of drug-likeness (QED) is 0.903. The predicted molar refractivity (Wildman–Crippen MR) is 73.4 cm³/mol. The van der Waals surface area contributed by atoms with Gasteiger partial charge in [0.25, 0.3) is 5.91 Å². The van der Waals surface area contributed by atoms with Gasteiger partial charge >= 0.3 is 0 Å². The van der Waals surface area contributed by atoms with Gasteiger partial charge in [-0.15, -0.1) is 0 Å². The fraction of sp³-hybridized carbons (Fsp3) is 0.0909. The Morgan fingerprint density at radius 3 is 2.78 bits per heavy atom. The Balaban J connectivity index is 2.29. The summed E-state index contributed by atoms with van der Waals surface area (Å²) in [6.45, 7) is 0.420. The largest absolute Gasteiger partial charge is 0.396 e. The van der Waals surface area contributed by atoms with Crippen LogP contribution in [0.2, 0.25) is 5.02 Å². The van der Waals surface area contributed by atoms with E-state index in [1.807, 2.05) is 12.1 Å². The molecule has 0 aliphatic heterocycles. The minimum Gasteiger partial charge on any atom is -0.396 e. The van der Waals surface area contributed by atoms with E-state index < -0.39 is 5.91 Å². The lowest BCUT2D eigenvalue weighted by molar-refractivity contribution is 0.0995. The zero-order valence-electron chi connectivity index (χ0n) is 9.23. The van der Waals surface area contributed by atoms with Crippen LogP contribution < -0.4 is 11.5 Å². The molecule has 2 aromatic rings. The highest BCUT2D eigenvalue weighted by molar-refractivity contribution is 9.10. The van der Waals surface area contributed by atoms with Crippen molar-refractivity contribution in [2.75, 3.05) is 5.73 Å². The lowest BCUT2D eigenvalue weighted by atomic mass is 10.2. The molecular weight excluding hydrogens is 320 g/mol. The molecule has 18 heavy (non-hydrogen) atoms. The first-order valence-corrected chi connectivity index (χ1v) is 6.21. The first kappa shape index (κ1) is 12.9. The van der Waals surface area contributed by atoms with Crippen molar-refractivity contribution >= 4 is 39.1 Å². The summed E-state index contributed by atoms with van der Waals surface area (Å²) in [6, 6.07) is 5.54. The molecule has 0 fully saturated rings. The molecule has 1 aromatic heterocycles. The molecule has 0 atom stereocenters. The van der Waals surface area contributed by atoms with Crippen LogP contribution in [0.15, 0.2) is 28.9 Å². The van der Waals surface area contributed by atoms with Gasteiger partial charge in [-0.05, 0) is 17.7 Å². The molecular formula is C11H10BrClN4O. The summed E-state index contributed by atoms with van der Waals surface area (Å²) in [5.41, 5.74) is 12.0. The number of hydrogen-bond donors (Lipinski definition) is 2. The fourth-order valence-corrected chi connectivity index (χ4v) is 2.27. The van der Waals surface area contributed by atoms with Crippen LogP contribution in [0.4, 0.5) is 5.69 Å². The smallest absolute Gasteiger partial charge is 0.271 e.